The molecule has 0 spiro atoms. The van der Waals surface area contributed by atoms with E-state index in [1.165, 1.54) is 31.1 Å². The van der Waals surface area contributed by atoms with Gasteiger partial charge in [0, 0.05) is 5.39 Å². The van der Waals surface area contributed by atoms with E-state index in [2.05, 4.69) is 17.6 Å². The number of para-hydroxylation sites is 1. The van der Waals surface area contributed by atoms with E-state index in [1.807, 2.05) is 18.2 Å². The van der Waals surface area contributed by atoms with E-state index in [0.717, 1.165) is 23.2 Å². The average molecular weight is 256 g/mol. The van der Waals surface area contributed by atoms with Crippen molar-refractivity contribution in [3.05, 3.63) is 36.1 Å². The van der Waals surface area contributed by atoms with Crippen molar-refractivity contribution >= 4 is 11.0 Å². The van der Waals surface area contributed by atoms with E-state index in [1.54, 1.807) is 0 Å². The molecule has 4 rings (SSSR count). The molecular weight excluding hydrogens is 236 g/mol. The van der Waals surface area contributed by atoms with Crippen molar-refractivity contribution in [3.8, 4) is 0 Å². The van der Waals surface area contributed by atoms with Crippen molar-refractivity contribution in [2.24, 2.45) is 23.6 Å². The molecule has 100 valence electrons. The third-order valence-electron chi connectivity index (χ3n) is 5.15. The second-order valence-corrected chi connectivity index (χ2v) is 6.17. The highest BCUT2D eigenvalue weighted by atomic mass is 16.3. The van der Waals surface area contributed by atoms with Gasteiger partial charge in [-0.2, -0.15) is 0 Å². The highest BCUT2D eigenvalue weighted by molar-refractivity contribution is 5.77. The minimum Gasteiger partial charge on any atom is -0.459 e. The molecular formula is C16H20N2O. The van der Waals surface area contributed by atoms with Crippen LogP contribution in [0.3, 0.4) is 0 Å². The van der Waals surface area contributed by atoms with Gasteiger partial charge in [-0.1, -0.05) is 24.6 Å². The molecule has 0 aliphatic heterocycles. The van der Waals surface area contributed by atoms with Crippen LogP contribution < -0.4 is 11.3 Å². The molecule has 0 radical (unpaired) electrons. The van der Waals surface area contributed by atoms with Crippen LogP contribution in [0.25, 0.3) is 11.0 Å². The summed E-state index contributed by atoms with van der Waals surface area (Å²) in [6, 6.07) is 10.5. The van der Waals surface area contributed by atoms with Gasteiger partial charge in [-0.3, -0.25) is 5.84 Å². The Hall–Kier alpha value is -1.32. The van der Waals surface area contributed by atoms with Crippen molar-refractivity contribution in [1.29, 1.82) is 0 Å². The predicted molar refractivity (Wildman–Crippen MR) is 75.2 cm³/mol. The quantitative estimate of drug-likeness (QED) is 0.654. The first kappa shape index (κ1) is 11.5. The molecule has 0 saturated heterocycles. The lowest BCUT2D eigenvalue weighted by Gasteiger charge is -2.28. The molecule has 19 heavy (non-hydrogen) atoms. The lowest BCUT2D eigenvalue weighted by Crippen LogP contribution is -2.35. The Labute approximate surface area is 113 Å². The van der Waals surface area contributed by atoms with Crippen LogP contribution in [0.2, 0.25) is 0 Å². The fraction of sp³-hybridized carbons (Fsp3) is 0.500. The van der Waals surface area contributed by atoms with Gasteiger partial charge in [0.05, 0.1) is 6.04 Å². The van der Waals surface area contributed by atoms with Crippen molar-refractivity contribution in [3.63, 3.8) is 0 Å². The van der Waals surface area contributed by atoms with Gasteiger partial charge in [0.25, 0.3) is 0 Å². The zero-order chi connectivity index (χ0) is 12.8. The summed E-state index contributed by atoms with van der Waals surface area (Å²) in [5.41, 5.74) is 3.97. The molecule has 2 saturated carbocycles. The Morgan fingerprint density at radius 2 is 2.11 bits per heavy atom. The summed E-state index contributed by atoms with van der Waals surface area (Å²) in [7, 11) is 0. The zero-order valence-electron chi connectivity index (χ0n) is 11.0. The van der Waals surface area contributed by atoms with Crippen LogP contribution in [0.5, 0.6) is 0 Å². The molecule has 0 amide bonds. The summed E-state index contributed by atoms with van der Waals surface area (Å²) in [6.45, 7) is 0. The lowest BCUT2D eigenvalue weighted by molar-refractivity contribution is 0.230. The fourth-order valence-corrected chi connectivity index (χ4v) is 4.27. The van der Waals surface area contributed by atoms with E-state index < -0.39 is 0 Å². The second kappa shape index (κ2) is 4.36. The minimum absolute atomic E-state index is 0.169. The summed E-state index contributed by atoms with van der Waals surface area (Å²) in [6.07, 6.45) is 5.48. The first-order valence-electron chi connectivity index (χ1n) is 7.30. The van der Waals surface area contributed by atoms with Crippen molar-refractivity contribution in [1.82, 2.24) is 5.43 Å². The van der Waals surface area contributed by atoms with Crippen LogP contribution in [0.15, 0.2) is 34.7 Å². The molecule has 1 aromatic heterocycles. The number of hydrazine groups is 1. The number of hydrogen-bond acceptors (Lipinski definition) is 3. The summed E-state index contributed by atoms with van der Waals surface area (Å²) in [4.78, 5) is 0. The molecule has 2 fully saturated rings. The monoisotopic (exact) mass is 256 g/mol. The van der Waals surface area contributed by atoms with Gasteiger partial charge < -0.3 is 4.42 Å². The molecule has 3 heteroatoms. The van der Waals surface area contributed by atoms with Crippen molar-refractivity contribution < 1.29 is 4.42 Å². The van der Waals surface area contributed by atoms with Crippen LogP contribution in [0.1, 0.15) is 37.5 Å². The smallest absolute Gasteiger partial charge is 0.134 e. The lowest BCUT2D eigenvalue weighted by atomic mass is 9.82. The number of fused-ring (bicyclic) bond motifs is 3. The molecule has 1 aromatic carbocycles. The molecule has 2 bridgehead atoms. The largest absolute Gasteiger partial charge is 0.459 e. The molecule has 4 unspecified atom stereocenters. The maximum atomic E-state index is 6.00. The Bertz CT molecular complexity index is 558. The molecule has 3 nitrogen and oxygen atoms in total. The summed E-state index contributed by atoms with van der Waals surface area (Å²) in [5.74, 6) is 9.23. The van der Waals surface area contributed by atoms with Gasteiger partial charge in [0.15, 0.2) is 0 Å². The van der Waals surface area contributed by atoms with Crippen LogP contribution in [0, 0.1) is 17.8 Å². The van der Waals surface area contributed by atoms with Gasteiger partial charge in [-0.05, 0) is 49.1 Å². The standard InChI is InChI=1S/C16H20N2O/c17-18-16(13-8-10-5-6-11(13)7-10)15-9-12-3-1-2-4-14(12)19-15/h1-4,9-11,13,16,18H,5-8,17H2. The maximum absolute atomic E-state index is 6.00. The number of rotatable bonds is 3. The van der Waals surface area contributed by atoms with Crippen molar-refractivity contribution in [2.45, 2.75) is 31.7 Å². The summed E-state index contributed by atoms with van der Waals surface area (Å²) < 4.78 is 6.00. The Kier molecular flexibility index (Phi) is 2.64. The first-order chi connectivity index (χ1) is 9.35. The number of nitrogens with two attached hydrogens (primary N) is 1. The zero-order valence-corrected chi connectivity index (χ0v) is 11.0. The highest BCUT2D eigenvalue weighted by Gasteiger charge is 2.44. The first-order valence-corrected chi connectivity index (χ1v) is 7.30. The number of hydrogen-bond donors (Lipinski definition) is 2. The summed E-state index contributed by atoms with van der Waals surface area (Å²) in [5, 5.41) is 1.17. The van der Waals surface area contributed by atoms with Crippen molar-refractivity contribution in [2.75, 3.05) is 0 Å². The average Bonchev–Trinajstić information content (AvgIpc) is 3.13. The van der Waals surface area contributed by atoms with Gasteiger partial charge >= 0.3 is 0 Å². The SMILES string of the molecule is NNC(c1cc2ccccc2o1)C1CC2CCC1C2. The summed E-state index contributed by atoms with van der Waals surface area (Å²) >= 11 is 0. The molecule has 2 aromatic rings. The van der Waals surface area contributed by atoms with E-state index in [9.17, 15) is 0 Å². The fourth-order valence-electron chi connectivity index (χ4n) is 4.27. The number of benzene rings is 1. The third-order valence-corrected chi connectivity index (χ3v) is 5.15. The normalized spacial score (nSPS) is 31.1. The van der Waals surface area contributed by atoms with E-state index in [4.69, 9.17) is 10.3 Å². The van der Waals surface area contributed by atoms with Crippen LogP contribution in [-0.4, -0.2) is 0 Å². The van der Waals surface area contributed by atoms with Gasteiger partial charge in [0.1, 0.15) is 11.3 Å². The minimum atomic E-state index is 0.169. The molecule has 2 aliphatic rings. The topological polar surface area (TPSA) is 51.2 Å². The predicted octanol–water partition coefficient (Wildman–Crippen LogP) is 3.37. The van der Waals surface area contributed by atoms with Crippen LogP contribution >= 0.6 is 0 Å². The molecule has 3 N–H and O–H groups in total. The van der Waals surface area contributed by atoms with E-state index in [0.29, 0.717) is 5.92 Å². The maximum Gasteiger partial charge on any atom is 0.134 e. The Morgan fingerprint density at radius 3 is 2.79 bits per heavy atom. The number of furan rings is 1. The molecule has 4 atom stereocenters. The third kappa shape index (κ3) is 1.80. The van der Waals surface area contributed by atoms with Crippen LogP contribution in [-0.2, 0) is 0 Å². The Balaban J connectivity index is 1.68. The highest BCUT2D eigenvalue weighted by Crippen LogP contribution is 2.52. The van der Waals surface area contributed by atoms with Gasteiger partial charge in [-0.25, -0.2) is 5.43 Å². The van der Waals surface area contributed by atoms with E-state index in [-0.39, 0.29) is 6.04 Å². The van der Waals surface area contributed by atoms with Crippen LogP contribution in [0.4, 0.5) is 0 Å². The number of nitrogens with one attached hydrogen (secondary N) is 1. The molecule has 2 aliphatic carbocycles. The van der Waals surface area contributed by atoms with E-state index >= 15 is 0 Å². The second-order valence-electron chi connectivity index (χ2n) is 6.17. The van der Waals surface area contributed by atoms with Gasteiger partial charge in [-0.15, -0.1) is 0 Å². The Morgan fingerprint density at radius 1 is 1.21 bits per heavy atom. The molecule has 1 heterocycles. The van der Waals surface area contributed by atoms with Gasteiger partial charge in [0.2, 0.25) is 0 Å².